The fourth-order valence-electron chi connectivity index (χ4n) is 1.99. The zero-order valence-electron chi connectivity index (χ0n) is 9.87. The number of rotatable bonds is 3. The molecular weight excluding hydrogens is 257 g/mol. The monoisotopic (exact) mass is 270 g/mol. The first-order chi connectivity index (χ1) is 8.52. The molecule has 1 aromatic heterocycles. The van der Waals surface area contributed by atoms with Crippen molar-refractivity contribution in [3.63, 3.8) is 0 Å². The maximum absolute atomic E-state index is 12.8. The lowest BCUT2D eigenvalue weighted by Crippen LogP contribution is -2.19. The summed E-state index contributed by atoms with van der Waals surface area (Å²) in [6.07, 6.45) is -4.10. The second-order valence-electron chi connectivity index (χ2n) is 4.14. The molecule has 0 spiro atoms. The summed E-state index contributed by atoms with van der Waals surface area (Å²) in [5, 5.41) is 3.93. The molecule has 0 amide bonds. The van der Waals surface area contributed by atoms with Crippen molar-refractivity contribution in [3.05, 3.63) is 46.7 Å². The summed E-state index contributed by atoms with van der Waals surface area (Å²) in [6, 6.07) is 8.63. The topological polar surface area (TPSA) is 0 Å². The Labute approximate surface area is 108 Å². The highest BCUT2D eigenvalue weighted by atomic mass is 32.1. The minimum absolute atomic E-state index is 0.0707. The van der Waals surface area contributed by atoms with E-state index in [1.54, 1.807) is 42.5 Å². The Kier molecular flexibility index (Phi) is 3.76. The van der Waals surface area contributed by atoms with Gasteiger partial charge >= 0.3 is 6.18 Å². The van der Waals surface area contributed by atoms with E-state index in [-0.39, 0.29) is 6.42 Å². The van der Waals surface area contributed by atoms with Gasteiger partial charge in [-0.25, -0.2) is 0 Å². The Morgan fingerprint density at radius 3 is 2.17 bits per heavy atom. The van der Waals surface area contributed by atoms with Crippen molar-refractivity contribution < 1.29 is 13.2 Å². The van der Waals surface area contributed by atoms with Gasteiger partial charge in [-0.15, -0.1) is 0 Å². The van der Waals surface area contributed by atoms with Gasteiger partial charge in [0.15, 0.2) is 0 Å². The van der Waals surface area contributed by atoms with Crippen molar-refractivity contribution in [1.82, 2.24) is 0 Å². The summed E-state index contributed by atoms with van der Waals surface area (Å²) in [5.74, 6) is -1.37. The lowest BCUT2D eigenvalue weighted by Gasteiger charge is -2.19. The van der Waals surface area contributed by atoms with E-state index in [9.17, 15) is 13.2 Å². The number of benzene rings is 1. The Hall–Kier alpha value is -1.29. The molecule has 2 rings (SSSR count). The van der Waals surface area contributed by atoms with E-state index < -0.39 is 12.1 Å². The molecule has 0 saturated heterocycles. The molecule has 1 heterocycles. The van der Waals surface area contributed by atoms with Gasteiger partial charge in [-0.05, 0) is 39.9 Å². The third-order valence-electron chi connectivity index (χ3n) is 2.97. The van der Waals surface area contributed by atoms with Crippen molar-refractivity contribution in [2.24, 2.45) is 0 Å². The molecule has 2 aromatic rings. The first-order valence-electron chi connectivity index (χ1n) is 5.71. The van der Waals surface area contributed by atoms with Crippen LogP contribution in [0.15, 0.2) is 41.1 Å². The predicted octanol–water partition coefficient (Wildman–Crippen LogP) is 5.47. The molecule has 0 radical (unpaired) electrons. The number of hydrogen-bond donors (Lipinski definition) is 0. The van der Waals surface area contributed by atoms with Gasteiger partial charge in [0.1, 0.15) is 0 Å². The summed E-state index contributed by atoms with van der Waals surface area (Å²) >= 11 is 1.57. The van der Waals surface area contributed by atoms with E-state index in [4.69, 9.17) is 0 Å². The van der Waals surface area contributed by atoms with Crippen molar-refractivity contribution in [3.8, 4) is 11.1 Å². The van der Waals surface area contributed by atoms with Crippen LogP contribution in [0.4, 0.5) is 13.2 Å². The van der Waals surface area contributed by atoms with Gasteiger partial charge in [0.05, 0.1) is 5.92 Å². The Balaban J connectivity index is 2.27. The standard InChI is InChI=1S/C14H13F3S/c1-2-13(14(15,16)17)11-5-3-10(4-6-11)12-7-8-18-9-12/h3-9,13H,2H2,1H3. The smallest absolute Gasteiger partial charge is 0.170 e. The van der Waals surface area contributed by atoms with Gasteiger partial charge in [0.25, 0.3) is 0 Å². The zero-order valence-corrected chi connectivity index (χ0v) is 10.7. The van der Waals surface area contributed by atoms with Crippen LogP contribution in [-0.2, 0) is 0 Å². The van der Waals surface area contributed by atoms with Crippen molar-refractivity contribution in [2.45, 2.75) is 25.4 Å². The molecular formula is C14H13F3S. The largest absolute Gasteiger partial charge is 0.395 e. The van der Waals surface area contributed by atoms with Gasteiger partial charge in [-0.2, -0.15) is 24.5 Å². The van der Waals surface area contributed by atoms with Crippen LogP contribution in [-0.4, -0.2) is 6.18 Å². The number of halogens is 3. The molecule has 18 heavy (non-hydrogen) atoms. The lowest BCUT2D eigenvalue weighted by molar-refractivity contribution is -0.151. The molecule has 1 atom stereocenters. The maximum Gasteiger partial charge on any atom is 0.395 e. The molecule has 0 nitrogen and oxygen atoms in total. The molecule has 0 aliphatic carbocycles. The van der Waals surface area contributed by atoms with E-state index in [0.717, 1.165) is 11.1 Å². The molecule has 0 fully saturated rings. The fourth-order valence-corrected chi connectivity index (χ4v) is 2.66. The molecule has 0 saturated carbocycles. The normalized spacial score (nSPS) is 13.6. The first kappa shape index (κ1) is 13.1. The molecule has 96 valence electrons. The molecule has 0 aliphatic heterocycles. The fraction of sp³-hybridized carbons (Fsp3) is 0.286. The molecule has 1 unspecified atom stereocenters. The highest BCUT2D eigenvalue weighted by molar-refractivity contribution is 7.08. The summed E-state index contributed by atoms with van der Waals surface area (Å²) in [6.45, 7) is 1.56. The van der Waals surface area contributed by atoms with Crippen LogP contribution in [0.25, 0.3) is 11.1 Å². The van der Waals surface area contributed by atoms with Gasteiger partial charge in [-0.1, -0.05) is 31.2 Å². The molecule has 1 aromatic carbocycles. The quantitative estimate of drug-likeness (QED) is 0.693. The first-order valence-corrected chi connectivity index (χ1v) is 6.66. The molecule has 0 N–H and O–H groups in total. The predicted molar refractivity (Wildman–Crippen MR) is 68.8 cm³/mol. The second-order valence-corrected chi connectivity index (χ2v) is 4.92. The van der Waals surface area contributed by atoms with E-state index in [0.29, 0.717) is 5.56 Å². The van der Waals surface area contributed by atoms with Crippen LogP contribution >= 0.6 is 11.3 Å². The third-order valence-corrected chi connectivity index (χ3v) is 3.65. The van der Waals surface area contributed by atoms with E-state index >= 15 is 0 Å². The summed E-state index contributed by atoms with van der Waals surface area (Å²) in [4.78, 5) is 0. The van der Waals surface area contributed by atoms with E-state index in [2.05, 4.69) is 0 Å². The van der Waals surface area contributed by atoms with E-state index in [1.807, 2.05) is 16.8 Å². The maximum atomic E-state index is 12.8. The molecule has 0 aliphatic rings. The van der Waals surface area contributed by atoms with Crippen molar-refractivity contribution in [1.29, 1.82) is 0 Å². The minimum Gasteiger partial charge on any atom is -0.170 e. The zero-order chi connectivity index (χ0) is 13.2. The van der Waals surface area contributed by atoms with Gasteiger partial charge < -0.3 is 0 Å². The summed E-state index contributed by atoms with van der Waals surface area (Å²) < 4.78 is 38.3. The molecule has 4 heteroatoms. The van der Waals surface area contributed by atoms with E-state index in [1.165, 1.54) is 0 Å². The SMILES string of the molecule is CCC(c1ccc(-c2ccsc2)cc1)C(F)(F)F. The third kappa shape index (κ3) is 2.75. The van der Waals surface area contributed by atoms with Crippen LogP contribution in [0.3, 0.4) is 0 Å². The number of alkyl halides is 3. The van der Waals surface area contributed by atoms with Crippen LogP contribution in [0, 0.1) is 0 Å². The van der Waals surface area contributed by atoms with Gasteiger partial charge in [-0.3, -0.25) is 0 Å². The summed E-state index contributed by atoms with van der Waals surface area (Å²) in [5.41, 5.74) is 2.34. The van der Waals surface area contributed by atoms with Crippen LogP contribution in [0.2, 0.25) is 0 Å². The van der Waals surface area contributed by atoms with Crippen molar-refractivity contribution in [2.75, 3.05) is 0 Å². The lowest BCUT2D eigenvalue weighted by atomic mass is 9.94. The van der Waals surface area contributed by atoms with Crippen LogP contribution in [0.5, 0.6) is 0 Å². The second kappa shape index (κ2) is 5.14. The number of hydrogen-bond acceptors (Lipinski definition) is 1. The number of thiophene rings is 1. The average molecular weight is 270 g/mol. The van der Waals surface area contributed by atoms with Gasteiger partial charge in [0.2, 0.25) is 0 Å². The van der Waals surface area contributed by atoms with Crippen LogP contribution in [0.1, 0.15) is 24.8 Å². The Morgan fingerprint density at radius 1 is 1.06 bits per heavy atom. The highest BCUT2D eigenvalue weighted by Gasteiger charge is 2.39. The minimum atomic E-state index is -4.17. The summed E-state index contributed by atoms with van der Waals surface area (Å²) in [7, 11) is 0. The Morgan fingerprint density at radius 2 is 1.72 bits per heavy atom. The van der Waals surface area contributed by atoms with Crippen LogP contribution < -0.4 is 0 Å². The van der Waals surface area contributed by atoms with Gasteiger partial charge in [0, 0.05) is 0 Å². The highest BCUT2D eigenvalue weighted by Crippen LogP contribution is 2.37. The average Bonchev–Trinajstić information content (AvgIpc) is 2.82. The van der Waals surface area contributed by atoms with Crippen molar-refractivity contribution >= 4 is 11.3 Å². The molecule has 0 bridgehead atoms. The Bertz CT molecular complexity index is 483.